The number of nitrogens with zero attached hydrogens (tertiary/aromatic N) is 1. The van der Waals surface area contributed by atoms with Crippen molar-refractivity contribution in [3.63, 3.8) is 0 Å². The number of hydrogen-bond donors (Lipinski definition) is 1. The third-order valence-corrected chi connectivity index (χ3v) is 4.96. The Hall–Kier alpha value is -2.41. The van der Waals surface area contributed by atoms with Crippen LogP contribution in [0.5, 0.6) is 11.6 Å². The van der Waals surface area contributed by atoms with Gasteiger partial charge in [-0.05, 0) is 54.6 Å². The first-order chi connectivity index (χ1) is 12.9. The maximum atomic E-state index is 12.3. The summed E-state index contributed by atoms with van der Waals surface area (Å²) in [6.45, 7) is 0. The second kappa shape index (κ2) is 8.52. The number of benzene rings is 2. The van der Waals surface area contributed by atoms with Gasteiger partial charge in [-0.2, -0.15) is 0 Å². The van der Waals surface area contributed by atoms with Crippen molar-refractivity contribution >= 4 is 45.6 Å². The molecule has 1 N–H and O–H groups in total. The molecular formula is C19H14Cl2N2O3S. The Morgan fingerprint density at radius 1 is 1.07 bits per heavy atom. The highest BCUT2D eigenvalue weighted by atomic mass is 35.5. The summed E-state index contributed by atoms with van der Waals surface area (Å²) in [5, 5.41) is 3.51. The molecule has 0 bridgehead atoms. The molecule has 0 saturated heterocycles. The van der Waals surface area contributed by atoms with Crippen molar-refractivity contribution in [3.05, 3.63) is 76.4 Å². The second-order valence-electron chi connectivity index (χ2n) is 5.50. The summed E-state index contributed by atoms with van der Waals surface area (Å²) >= 11 is 11.8. The van der Waals surface area contributed by atoms with Gasteiger partial charge in [0.15, 0.2) is 0 Å². The average Bonchev–Trinajstić information content (AvgIpc) is 2.65. The lowest BCUT2D eigenvalue weighted by molar-refractivity contribution is 0.102. The minimum absolute atomic E-state index is 0.242. The number of pyridine rings is 1. The van der Waals surface area contributed by atoms with E-state index in [0.717, 1.165) is 0 Å². The van der Waals surface area contributed by atoms with E-state index in [2.05, 4.69) is 10.3 Å². The first-order valence-corrected chi connectivity index (χ1v) is 10.1. The van der Waals surface area contributed by atoms with Crippen molar-refractivity contribution in [2.45, 2.75) is 4.90 Å². The normalized spacial score (nSPS) is 11.7. The molecule has 5 nitrogen and oxygen atoms in total. The standard InChI is InChI=1S/C19H14Cl2N2O3S/c1-27(25)16-8-2-12(3-9-16)18(24)23-14-4-6-15(7-5-14)26-19-17(21)10-13(20)11-22-19/h2-11H,1H3,(H,23,24)/t27-/m0/s1. The summed E-state index contributed by atoms with van der Waals surface area (Å²) in [4.78, 5) is 17.0. The first kappa shape index (κ1) is 19.4. The summed E-state index contributed by atoms with van der Waals surface area (Å²) in [7, 11) is -1.08. The fourth-order valence-electron chi connectivity index (χ4n) is 2.20. The van der Waals surface area contributed by atoms with Crippen LogP contribution >= 0.6 is 23.2 Å². The minimum Gasteiger partial charge on any atom is -0.438 e. The highest BCUT2D eigenvalue weighted by Crippen LogP contribution is 2.29. The Bertz CT molecular complexity index is 993. The lowest BCUT2D eigenvalue weighted by atomic mass is 10.2. The van der Waals surface area contributed by atoms with Crippen LogP contribution in [0.25, 0.3) is 0 Å². The molecule has 0 aliphatic heterocycles. The third kappa shape index (κ3) is 5.07. The molecule has 138 valence electrons. The number of amides is 1. The molecule has 0 fully saturated rings. The molecule has 1 amide bonds. The summed E-state index contributed by atoms with van der Waals surface area (Å²) in [6, 6.07) is 14.9. The number of halogens is 2. The van der Waals surface area contributed by atoms with E-state index in [9.17, 15) is 9.00 Å². The van der Waals surface area contributed by atoms with Crippen LogP contribution in [0.15, 0.2) is 65.7 Å². The molecule has 3 aromatic rings. The van der Waals surface area contributed by atoms with Crippen molar-refractivity contribution < 1.29 is 13.7 Å². The summed E-state index contributed by atoms with van der Waals surface area (Å²) in [5.74, 6) is 0.491. The van der Waals surface area contributed by atoms with E-state index in [1.165, 1.54) is 6.20 Å². The molecule has 0 radical (unpaired) electrons. The number of carbonyl (C=O) groups is 1. The summed E-state index contributed by atoms with van der Waals surface area (Å²) < 4.78 is 17.0. The Balaban J connectivity index is 1.66. The minimum atomic E-state index is -1.08. The van der Waals surface area contributed by atoms with Crippen LogP contribution in [0.2, 0.25) is 10.0 Å². The summed E-state index contributed by atoms with van der Waals surface area (Å²) in [5.41, 5.74) is 1.08. The van der Waals surface area contributed by atoms with Crippen LogP contribution in [0, 0.1) is 0 Å². The van der Waals surface area contributed by atoms with Crippen LogP contribution < -0.4 is 10.1 Å². The van der Waals surface area contributed by atoms with Gasteiger partial charge in [0.25, 0.3) is 5.91 Å². The van der Waals surface area contributed by atoms with Gasteiger partial charge in [-0.1, -0.05) is 23.2 Å². The zero-order valence-electron chi connectivity index (χ0n) is 14.1. The first-order valence-electron chi connectivity index (χ1n) is 7.76. The van der Waals surface area contributed by atoms with Gasteiger partial charge in [-0.15, -0.1) is 0 Å². The lowest BCUT2D eigenvalue weighted by Gasteiger charge is -2.09. The topological polar surface area (TPSA) is 68.3 Å². The molecule has 0 aliphatic carbocycles. The van der Waals surface area contributed by atoms with Crippen molar-refractivity contribution in [1.82, 2.24) is 4.98 Å². The van der Waals surface area contributed by atoms with Crippen LogP contribution in [0.1, 0.15) is 10.4 Å². The highest BCUT2D eigenvalue weighted by Gasteiger charge is 2.09. The quantitative estimate of drug-likeness (QED) is 0.617. The molecule has 1 aromatic heterocycles. The SMILES string of the molecule is C[S@](=O)c1ccc(C(=O)Nc2ccc(Oc3ncc(Cl)cc3Cl)cc2)cc1. The van der Waals surface area contributed by atoms with Crippen molar-refractivity contribution in [1.29, 1.82) is 0 Å². The van der Waals surface area contributed by atoms with Gasteiger partial charge in [0, 0.05) is 39.4 Å². The molecule has 1 heterocycles. The van der Waals surface area contributed by atoms with Crippen LogP contribution in [0.4, 0.5) is 5.69 Å². The van der Waals surface area contributed by atoms with E-state index in [0.29, 0.717) is 31.9 Å². The van der Waals surface area contributed by atoms with E-state index >= 15 is 0 Å². The molecule has 3 rings (SSSR count). The van der Waals surface area contributed by atoms with Gasteiger partial charge in [0.05, 0.1) is 5.02 Å². The zero-order valence-corrected chi connectivity index (χ0v) is 16.4. The molecule has 0 aliphatic rings. The van der Waals surface area contributed by atoms with E-state index in [-0.39, 0.29) is 11.8 Å². The Kier molecular flexibility index (Phi) is 6.11. The molecular weight excluding hydrogens is 407 g/mol. The van der Waals surface area contributed by atoms with Gasteiger partial charge in [0.1, 0.15) is 10.8 Å². The number of carbonyl (C=O) groups excluding carboxylic acids is 1. The monoisotopic (exact) mass is 420 g/mol. The Morgan fingerprint density at radius 2 is 1.74 bits per heavy atom. The zero-order chi connectivity index (χ0) is 19.4. The van der Waals surface area contributed by atoms with Gasteiger partial charge < -0.3 is 10.1 Å². The van der Waals surface area contributed by atoms with E-state index in [1.54, 1.807) is 60.9 Å². The predicted molar refractivity (Wildman–Crippen MR) is 108 cm³/mol. The Labute approximate surface area is 168 Å². The number of rotatable bonds is 5. The van der Waals surface area contributed by atoms with Crippen LogP contribution in [-0.2, 0) is 10.8 Å². The van der Waals surface area contributed by atoms with Gasteiger partial charge in [0.2, 0.25) is 5.88 Å². The number of nitrogens with one attached hydrogen (secondary N) is 1. The van der Waals surface area contributed by atoms with Crippen molar-refractivity contribution in [3.8, 4) is 11.6 Å². The van der Waals surface area contributed by atoms with Crippen LogP contribution in [-0.4, -0.2) is 21.4 Å². The molecule has 0 spiro atoms. The second-order valence-corrected chi connectivity index (χ2v) is 7.72. The number of ether oxygens (including phenoxy) is 1. The van der Waals surface area contributed by atoms with Gasteiger partial charge >= 0.3 is 0 Å². The fourth-order valence-corrected chi connectivity index (χ4v) is 3.13. The van der Waals surface area contributed by atoms with Crippen molar-refractivity contribution in [2.24, 2.45) is 0 Å². The van der Waals surface area contributed by atoms with Gasteiger partial charge in [-0.25, -0.2) is 4.98 Å². The summed E-state index contributed by atoms with van der Waals surface area (Å²) in [6.07, 6.45) is 3.03. The van der Waals surface area contributed by atoms with Crippen LogP contribution in [0.3, 0.4) is 0 Å². The van der Waals surface area contributed by atoms with E-state index in [4.69, 9.17) is 27.9 Å². The molecule has 2 aromatic carbocycles. The third-order valence-electron chi connectivity index (χ3n) is 3.55. The number of aromatic nitrogens is 1. The maximum absolute atomic E-state index is 12.3. The molecule has 8 heteroatoms. The van der Waals surface area contributed by atoms with E-state index in [1.807, 2.05) is 0 Å². The fraction of sp³-hybridized carbons (Fsp3) is 0.0526. The molecule has 0 saturated carbocycles. The Morgan fingerprint density at radius 3 is 2.33 bits per heavy atom. The highest BCUT2D eigenvalue weighted by molar-refractivity contribution is 7.84. The molecule has 1 atom stereocenters. The number of anilines is 1. The smallest absolute Gasteiger partial charge is 0.255 e. The number of hydrogen-bond acceptors (Lipinski definition) is 4. The maximum Gasteiger partial charge on any atom is 0.255 e. The van der Waals surface area contributed by atoms with E-state index < -0.39 is 10.8 Å². The predicted octanol–water partition coefficient (Wildman–Crippen LogP) is 5.17. The van der Waals surface area contributed by atoms with Gasteiger partial charge in [-0.3, -0.25) is 9.00 Å². The average molecular weight is 421 g/mol. The lowest BCUT2D eigenvalue weighted by Crippen LogP contribution is -2.11. The largest absolute Gasteiger partial charge is 0.438 e. The van der Waals surface area contributed by atoms with Crippen molar-refractivity contribution in [2.75, 3.05) is 11.6 Å². The molecule has 0 unspecified atom stereocenters. The molecule has 27 heavy (non-hydrogen) atoms.